The average Bonchev–Trinajstić information content (AvgIpc) is 2.33. The first-order valence-corrected chi connectivity index (χ1v) is 7.21. The minimum Gasteiger partial charge on any atom is -0.389 e. The van der Waals surface area contributed by atoms with E-state index in [-0.39, 0.29) is 23.2 Å². The number of hydrogen-bond acceptors (Lipinski definition) is 3. The van der Waals surface area contributed by atoms with Gasteiger partial charge in [-0.1, -0.05) is 15.9 Å². The Hall–Kier alpha value is -0.790. The highest BCUT2D eigenvalue weighted by molar-refractivity contribution is 9.10. The van der Waals surface area contributed by atoms with E-state index in [4.69, 9.17) is 4.74 Å². The lowest BCUT2D eigenvalue weighted by molar-refractivity contribution is -0.138. The molecule has 0 radical (unpaired) electrons. The van der Waals surface area contributed by atoms with E-state index in [1.54, 1.807) is 0 Å². The predicted molar refractivity (Wildman–Crippen MR) is 79.3 cm³/mol. The summed E-state index contributed by atoms with van der Waals surface area (Å²) in [6.07, 6.45) is -5.23. The fourth-order valence-corrected chi connectivity index (χ4v) is 1.96. The van der Waals surface area contributed by atoms with Crippen molar-refractivity contribution in [2.45, 2.75) is 38.7 Å². The van der Waals surface area contributed by atoms with Crippen LogP contribution in [0.25, 0.3) is 0 Å². The second-order valence-electron chi connectivity index (χ2n) is 5.65. The van der Waals surface area contributed by atoms with Crippen LogP contribution in [0.1, 0.15) is 26.3 Å². The van der Waals surface area contributed by atoms with Crippen molar-refractivity contribution < 1.29 is 23.0 Å². The summed E-state index contributed by atoms with van der Waals surface area (Å²) in [7, 11) is 0. The zero-order chi connectivity index (χ0) is 16.3. The lowest BCUT2D eigenvalue weighted by atomic mass is 10.2. The third kappa shape index (κ3) is 6.67. The normalized spacial score (nSPS) is 14.1. The first-order valence-electron chi connectivity index (χ1n) is 6.42. The van der Waals surface area contributed by atoms with E-state index >= 15 is 0 Å². The predicted octanol–water partition coefficient (Wildman–Crippen LogP) is 4.06. The number of alkyl halides is 3. The van der Waals surface area contributed by atoms with Crippen molar-refractivity contribution in [3.63, 3.8) is 0 Å². The largest absolute Gasteiger partial charge is 0.417 e. The number of aliphatic hydroxyl groups excluding tert-OH is 1. The number of hydrogen-bond donors (Lipinski definition) is 2. The molecule has 0 fully saturated rings. The molecule has 1 atom stereocenters. The molecule has 3 nitrogen and oxygen atoms in total. The van der Waals surface area contributed by atoms with Crippen LogP contribution in [0.2, 0.25) is 0 Å². The Morgan fingerprint density at radius 1 is 1.29 bits per heavy atom. The van der Waals surface area contributed by atoms with Crippen LogP contribution >= 0.6 is 15.9 Å². The van der Waals surface area contributed by atoms with Crippen molar-refractivity contribution in [2.24, 2.45) is 0 Å². The Kier molecular flexibility index (Phi) is 6.07. The number of aliphatic hydroxyl groups is 1. The van der Waals surface area contributed by atoms with Crippen LogP contribution in [0, 0.1) is 0 Å². The zero-order valence-electron chi connectivity index (χ0n) is 12.1. The van der Waals surface area contributed by atoms with Crippen LogP contribution in [-0.2, 0) is 10.9 Å². The van der Waals surface area contributed by atoms with Gasteiger partial charge in [-0.2, -0.15) is 13.2 Å². The molecule has 0 aliphatic heterocycles. The van der Waals surface area contributed by atoms with Gasteiger partial charge in [-0.15, -0.1) is 0 Å². The van der Waals surface area contributed by atoms with Gasteiger partial charge in [0, 0.05) is 16.7 Å². The Labute approximate surface area is 130 Å². The minimum atomic E-state index is -4.43. The summed E-state index contributed by atoms with van der Waals surface area (Å²) in [5.74, 6) is 0. The first kappa shape index (κ1) is 18.3. The fourth-order valence-electron chi connectivity index (χ4n) is 1.49. The Morgan fingerprint density at radius 3 is 2.43 bits per heavy atom. The van der Waals surface area contributed by atoms with Crippen molar-refractivity contribution in [3.05, 3.63) is 28.2 Å². The van der Waals surface area contributed by atoms with Gasteiger partial charge < -0.3 is 15.2 Å². The highest BCUT2D eigenvalue weighted by atomic mass is 79.9. The molecule has 0 amide bonds. The molecular weight excluding hydrogens is 351 g/mol. The number of nitrogens with one attached hydrogen (secondary N) is 1. The number of benzene rings is 1. The van der Waals surface area contributed by atoms with Crippen molar-refractivity contribution in [3.8, 4) is 0 Å². The van der Waals surface area contributed by atoms with Gasteiger partial charge in [-0.05, 0) is 39.0 Å². The number of rotatable bonds is 5. The van der Waals surface area contributed by atoms with Crippen molar-refractivity contribution >= 4 is 21.6 Å². The minimum absolute atomic E-state index is 0.0165. The molecular formula is C14H19BrF3NO2. The topological polar surface area (TPSA) is 41.5 Å². The molecule has 1 unspecified atom stereocenters. The molecule has 2 N–H and O–H groups in total. The second-order valence-corrected chi connectivity index (χ2v) is 6.50. The molecule has 0 saturated heterocycles. The maximum Gasteiger partial charge on any atom is 0.417 e. The molecule has 0 spiro atoms. The van der Waals surface area contributed by atoms with Gasteiger partial charge in [0.05, 0.1) is 23.9 Å². The summed E-state index contributed by atoms with van der Waals surface area (Å²) in [4.78, 5) is 0. The van der Waals surface area contributed by atoms with Gasteiger partial charge >= 0.3 is 6.18 Å². The van der Waals surface area contributed by atoms with E-state index in [1.807, 2.05) is 20.8 Å². The molecule has 0 bridgehead atoms. The summed E-state index contributed by atoms with van der Waals surface area (Å²) < 4.78 is 43.6. The Balaban J connectivity index is 2.60. The van der Waals surface area contributed by atoms with Crippen LogP contribution in [0.3, 0.4) is 0 Å². The first-order chi connectivity index (χ1) is 9.49. The molecule has 120 valence electrons. The lowest BCUT2D eigenvalue weighted by Crippen LogP contribution is -2.30. The van der Waals surface area contributed by atoms with Crippen LogP contribution in [-0.4, -0.2) is 30.0 Å². The summed E-state index contributed by atoms with van der Waals surface area (Å²) in [5.41, 5.74) is -0.838. The molecule has 0 aromatic heterocycles. The van der Waals surface area contributed by atoms with E-state index in [2.05, 4.69) is 21.2 Å². The molecule has 1 aromatic rings. The maximum absolute atomic E-state index is 12.8. The van der Waals surface area contributed by atoms with Crippen LogP contribution in [0.4, 0.5) is 18.9 Å². The molecule has 1 aromatic carbocycles. The summed E-state index contributed by atoms with van der Waals surface area (Å²) >= 11 is 2.88. The fraction of sp³-hybridized carbons (Fsp3) is 0.571. The van der Waals surface area contributed by atoms with Gasteiger partial charge in [0.2, 0.25) is 0 Å². The van der Waals surface area contributed by atoms with E-state index < -0.39 is 17.8 Å². The lowest BCUT2D eigenvalue weighted by Gasteiger charge is -2.22. The van der Waals surface area contributed by atoms with Gasteiger partial charge in [-0.3, -0.25) is 0 Å². The zero-order valence-corrected chi connectivity index (χ0v) is 13.7. The van der Waals surface area contributed by atoms with Crippen molar-refractivity contribution in [1.29, 1.82) is 0 Å². The van der Waals surface area contributed by atoms with Gasteiger partial charge in [0.15, 0.2) is 0 Å². The third-order valence-electron chi connectivity index (χ3n) is 2.52. The molecule has 0 saturated carbocycles. The Bertz CT molecular complexity index is 472. The molecule has 0 heterocycles. The summed E-state index contributed by atoms with van der Waals surface area (Å²) in [5, 5.41) is 12.5. The highest BCUT2D eigenvalue weighted by Crippen LogP contribution is 2.36. The van der Waals surface area contributed by atoms with E-state index in [0.717, 1.165) is 6.07 Å². The smallest absolute Gasteiger partial charge is 0.389 e. The number of anilines is 1. The van der Waals surface area contributed by atoms with Crippen LogP contribution in [0.15, 0.2) is 22.7 Å². The second kappa shape index (κ2) is 6.98. The maximum atomic E-state index is 12.8. The number of halogens is 4. The van der Waals surface area contributed by atoms with Gasteiger partial charge in [0.25, 0.3) is 0 Å². The quantitative estimate of drug-likeness (QED) is 0.822. The van der Waals surface area contributed by atoms with E-state index in [0.29, 0.717) is 5.69 Å². The van der Waals surface area contributed by atoms with E-state index in [1.165, 1.54) is 12.1 Å². The standard InChI is InChI=1S/C14H19BrF3NO2/c1-13(2,3)21-8-10(20)7-19-9-4-5-12(15)11(6-9)14(16,17)18/h4-6,10,19-20H,7-8H2,1-3H3. The highest BCUT2D eigenvalue weighted by Gasteiger charge is 2.33. The summed E-state index contributed by atoms with van der Waals surface area (Å²) in [6, 6.07) is 3.83. The Morgan fingerprint density at radius 2 is 1.90 bits per heavy atom. The molecule has 0 aliphatic rings. The van der Waals surface area contributed by atoms with E-state index in [9.17, 15) is 18.3 Å². The van der Waals surface area contributed by atoms with Crippen LogP contribution in [0.5, 0.6) is 0 Å². The summed E-state index contributed by atoms with van der Waals surface area (Å²) in [6.45, 7) is 5.79. The molecule has 21 heavy (non-hydrogen) atoms. The molecule has 7 heteroatoms. The average molecular weight is 370 g/mol. The van der Waals surface area contributed by atoms with Gasteiger partial charge in [-0.25, -0.2) is 0 Å². The van der Waals surface area contributed by atoms with Crippen molar-refractivity contribution in [1.82, 2.24) is 0 Å². The third-order valence-corrected chi connectivity index (χ3v) is 3.21. The van der Waals surface area contributed by atoms with Crippen molar-refractivity contribution in [2.75, 3.05) is 18.5 Å². The SMILES string of the molecule is CC(C)(C)OCC(O)CNc1ccc(Br)c(C(F)(F)F)c1. The monoisotopic (exact) mass is 369 g/mol. The van der Waals surface area contributed by atoms with Gasteiger partial charge in [0.1, 0.15) is 0 Å². The molecule has 0 aliphatic carbocycles. The van der Waals surface area contributed by atoms with Crippen LogP contribution < -0.4 is 5.32 Å². The number of ether oxygens (including phenoxy) is 1. The molecule has 1 rings (SSSR count).